The molecular weight excluding hydrogens is 321 g/mol. The molecule has 3 rings (SSSR count). The van der Waals surface area contributed by atoms with Gasteiger partial charge >= 0.3 is 0 Å². The molecular formula is C19H24FN3O2. The fraction of sp³-hybridized carbons (Fsp3) is 0.474. The average molecular weight is 345 g/mol. The third-order valence-electron chi connectivity index (χ3n) is 4.66. The average Bonchev–Trinajstić information content (AvgIpc) is 3.11. The van der Waals surface area contributed by atoms with Crippen LogP contribution in [0.15, 0.2) is 30.3 Å². The molecule has 0 atom stereocenters. The second kappa shape index (κ2) is 8.14. The quantitative estimate of drug-likeness (QED) is 0.863. The Morgan fingerprint density at radius 3 is 2.84 bits per heavy atom. The van der Waals surface area contributed by atoms with E-state index in [1.54, 1.807) is 18.2 Å². The van der Waals surface area contributed by atoms with Crippen molar-refractivity contribution in [3.8, 4) is 5.75 Å². The highest BCUT2D eigenvalue weighted by molar-refractivity contribution is 5.92. The summed E-state index contributed by atoms with van der Waals surface area (Å²) < 4.78 is 18.7. The summed E-state index contributed by atoms with van der Waals surface area (Å²) in [6.07, 6.45) is 5.76. The molecule has 0 spiro atoms. The number of carbonyl (C=O) groups excluding carboxylic acids is 1. The maximum absolute atomic E-state index is 13.2. The van der Waals surface area contributed by atoms with Crippen LogP contribution in [0.25, 0.3) is 0 Å². The summed E-state index contributed by atoms with van der Waals surface area (Å²) >= 11 is 0. The normalized spacial score (nSPS) is 15.1. The summed E-state index contributed by atoms with van der Waals surface area (Å²) in [7, 11) is 0. The smallest absolute Gasteiger partial charge is 0.274 e. The van der Waals surface area contributed by atoms with Gasteiger partial charge in [0.1, 0.15) is 18.2 Å². The number of hydrogen-bond acceptors (Lipinski definition) is 3. The molecule has 6 heteroatoms. The number of benzene rings is 1. The Balaban J connectivity index is 1.62. The van der Waals surface area contributed by atoms with Gasteiger partial charge in [-0.15, -0.1) is 0 Å². The van der Waals surface area contributed by atoms with Gasteiger partial charge in [0.25, 0.3) is 5.91 Å². The first-order valence-electron chi connectivity index (χ1n) is 8.91. The van der Waals surface area contributed by atoms with Crippen LogP contribution in [-0.2, 0) is 6.61 Å². The number of H-pyrrole nitrogens is 1. The van der Waals surface area contributed by atoms with Gasteiger partial charge in [0, 0.05) is 18.7 Å². The van der Waals surface area contributed by atoms with E-state index in [1.807, 2.05) is 11.8 Å². The maximum atomic E-state index is 13.2. The SMILES string of the molecule is CCN(C(=O)c1cc(COc2cccc(F)c2)[nH]n1)C1CCCCC1. The zero-order chi connectivity index (χ0) is 17.6. The molecule has 1 N–H and O–H groups in total. The second-order valence-electron chi connectivity index (χ2n) is 6.41. The molecule has 1 aliphatic carbocycles. The molecule has 1 fully saturated rings. The number of amides is 1. The fourth-order valence-electron chi connectivity index (χ4n) is 3.37. The van der Waals surface area contributed by atoms with E-state index in [-0.39, 0.29) is 18.3 Å². The Morgan fingerprint density at radius 1 is 1.32 bits per heavy atom. The van der Waals surface area contributed by atoms with Crippen LogP contribution in [-0.4, -0.2) is 33.6 Å². The molecule has 0 radical (unpaired) electrons. The van der Waals surface area contributed by atoms with E-state index in [4.69, 9.17) is 4.74 Å². The molecule has 0 unspecified atom stereocenters. The molecule has 0 saturated heterocycles. The third-order valence-corrected chi connectivity index (χ3v) is 4.66. The van der Waals surface area contributed by atoms with E-state index >= 15 is 0 Å². The van der Waals surface area contributed by atoms with Crippen LogP contribution in [0.1, 0.15) is 55.2 Å². The van der Waals surface area contributed by atoms with Gasteiger partial charge in [-0.1, -0.05) is 25.3 Å². The summed E-state index contributed by atoms with van der Waals surface area (Å²) in [5, 5.41) is 6.98. The highest BCUT2D eigenvalue weighted by Crippen LogP contribution is 2.24. The molecule has 134 valence electrons. The van der Waals surface area contributed by atoms with E-state index in [2.05, 4.69) is 10.2 Å². The standard InChI is InChI=1S/C19H24FN3O2/c1-2-23(16-8-4-3-5-9-16)19(24)18-12-15(21-22-18)13-25-17-10-6-7-14(20)11-17/h6-7,10-12,16H,2-5,8-9,13H2,1H3,(H,21,22). The lowest BCUT2D eigenvalue weighted by Gasteiger charge is -2.33. The molecule has 2 aromatic rings. The van der Waals surface area contributed by atoms with E-state index in [0.717, 1.165) is 12.8 Å². The van der Waals surface area contributed by atoms with Crippen LogP contribution < -0.4 is 4.74 Å². The van der Waals surface area contributed by atoms with Crippen LogP contribution in [0.2, 0.25) is 0 Å². The van der Waals surface area contributed by atoms with E-state index in [1.165, 1.54) is 31.4 Å². The molecule has 25 heavy (non-hydrogen) atoms. The Labute approximate surface area is 147 Å². The van der Waals surface area contributed by atoms with Crippen LogP contribution in [0, 0.1) is 5.82 Å². The van der Waals surface area contributed by atoms with Gasteiger partial charge in [-0.2, -0.15) is 5.10 Å². The van der Waals surface area contributed by atoms with Crippen molar-refractivity contribution in [2.45, 2.75) is 51.7 Å². The molecule has 0 bridgehead atoms. The minimum Gasteiger partial charge on any atom is -0.487 e. The monoisotopic (exact) mass is 345 g/mol. The van der Waals surface area contributed by atoms with Crippen molar-refractivity contribution in [3.05, 3.63) is 47.5 Å². The number of rotatable bonds is 6. The number of ether oxygens (including phenoxy) is 1. The molecule has 1 aromatic carbocycles. The molecule has 1 saturated carbocycles. The first-order chi connectivity index (χ1) is 12.2. The lowest BCUT2D eigenvalue weighted by atomic mass is 9.94. The Morgan fingerprint density at radius 2 is 2.12 bits per heavy atom. The largest absolute Gasteiger partial charge is 0.487 e. The van der Waals surface area contributed by atoms with Crippen molar-refractivity contribution in [3.63, 3.8) is 0 Å². The van der Waals surface area contributed by atoms with Crippen molar-refractivity contribution in [1.82, 2.24) is 15.1 Å². The second-order valence-corrected chi connectivity index (χ2v) is 6.41. The first kappa shape index (κ1) is 17.5. The van der Waals surface area contributed by atoms with Gasteiger partial charge in [-0.25, -0.2) is 4.39 Å². The predicted molar refractivity (Wildman–Crippen MR) is 92.9 cm³/mol. The molecule has 1 aliphatic rings. The lowest BCUT2D eigenvalue weighted by molar-refractivity contribution is 0.0642. The Kier molecular flexibility index (Phi) is 5.68. The molecule has 1 heterocycles. The van der Waals surface area contributed by atoms with Crippen LogP contribution in [0.5, 0.6) is 5.75 Å². The van der Waals surface area contributed by atoms with E-state index < -0.39 is 0 Å². The molecule has 5 nitrogen and oxygen atoms in total. The Hall–Kier alpha value is -2.37. The summed E-state index contributed by atoms with van der Waals surface area (Å²) in [6.45, 7) is 2.90. The van der Waals surface area contributed by atoms with E-state index in [0.29, 0.717) is 29.7 Å². The van der Waals surface area contributed by atoms with Gasteiger partial charge in [0.2, 0.25) is 0 Å². The number of nitrogens with one attached hydrogen (secondary N) is 1. The van der Waals surface area contributed by atoms with Crippen molar-refractivity contribution < 1.29 is 13.9 Å². The molecule has 0 aliphatic heterocycles. The third kappa shape index (κ3) is 4.38. The zero-order valence-corrected chi connectivity index (χ0v) is 14.5. The number of halogens is 1. The van der Waals surface area contributed by atoms with Crippen molar-refractivity contribution in [1.29, 1.82) is 0 Å². The fourth-order valence-corrected chi connectivity index (χ4v) is 3.37. The summed E-state index contributed by atoms with van der Waals surface area (Å²) in [5.41, 5.74) is 1.09. The van der Waals surface area contributed by atoms with Gasteiger partial charge in [0.15, 0.2) is 5.69 Å². The van der Waals surface area contributed by atoms with Crippen LogP contribution in [0.4, 0.5) is 4.39 Å². The van der Waals surface area contributed by atoms with Gasteiger partial charge in [-0.05, 0) is 38.0 Å². The highest BCUT2D eigenvalue weighted by Gasteiger charge is 2.26. The van der Waals surface area contributed by atoms with Crippen LogP contribution in [0.3, 0.4) is 0 Å². The van der Waals surface area contributed by atoms with Crippen molar-refractivity contribution in [2.75, 3.05) is 6.54 Å². The zero-order valence-electron chi connectivity index (χ0n) is 14.5. The molecule has 1 amide bonds. The van der Waals surface area contributed by atoms with Crippen molar-refractivity contribution >= 4 is 5.91 Å². The van der Waals surface area contributed by atoms with Crippen molar-refractivity contribution in [2.24, 2.45) is 0 Å². The number of aromatic amines is 1. The minimum absolute atomic E-state index is 0.0392. The van der Waals surface area contributed by atoms with E-state index in [9.17, 15) is 9.18 Å². The number of carbonyl (C=O) groups is 1. The number of aromatic nitrogens is 2. The van der Waals surface area contributed by atoms with Gasteiger partial charge < -0.3 is 9.64 Å². The lowest BCUT2D eigenvalue weighted by Crippen LogP contribution is -2.41. The van der Waals surface area contributed by atoms with Crippen LogP contribution >= 0.6 is 0 Å². The minimum atomic E-state index is -0.343. The summed E-state index contributed by atoms with van der Waals surface area (Å²) in [5.74, 6) is 0.0616. The first-order valence-corrected chi connectivity index (χ1v) is 8.91. The number of hydrogen-bond donors (Lipinski definition) is 1. The number of nitrogens with zero attached hydrogens (tertiary/aromatic N) is 2. The highest BCUT2D eigenvalue weighted by atomic mass is 19.1. The summed E-state index contributed by atoms with van der Waals surface area (Å²) in [4.78, 5) is 14.7. The predicted octanol–water partition coefficient (Wildman–Crippen LogP) is 3.92. The van der Waals surface area contributed by atoms with Gasteiger partial charge in [0.05, 0.1) is 5.69 Å². The molecule has 1 aromatic heterocycles. The summed E-state index contributed by atoms with van der Waals surface area (Å²) in [6, 6.07) is 8.00. The topological polar surface area (TPSA) is 58.2 Å². The Bertz CT molecular complexity index is 710. The maximum Gasteiger partial charge on any atom is 0.274 e. The van der Waals surface area contributed by atoms with Gasteiger partial charge in [-0.3, -0.25) is 9.89 Å².